The van der Waals surface area contributed by atoms with Crippen molar-refractivity contribution >= 4 is 21.7 Å². The normalized spacial score (nSPS) is 9.86. The quantitative estimate of drug-likeness (QED) is 0.584. The number of hydrogen-bond acceptors (Lipinski definition) is 5. The van der Waals surface area contributed by atoms with E-state index in [4.69, 9.17) is 14.7 Å². The van der Waals surface area contributed by atoms with E-state index in [0.29, 0.717) is 28.3 Å². The molecule has 112 valence electrons. The standard InChI is InChI=1S/C16H13BrN2O3/c1-21-16-6-12(14(20)7-17)3-5-15(16)22-10-13-4-2-11(8-18)9-19-13/h2-6,9H,7,10H2,1H3. The predicted octanol–water partition coefficient (Wildman–Crippen LogP) is 3.12. The fraction of sp³-hybridized carbons (Fsp3) is 0.188. The number of methoxy groups -OCH3 is 1. The molecule has 1 aromatic heterocycles. The topological polar surface area (TPSA) is 72.2 Å². The SMILES string of the molecule is COc1cc(C(=O)CBr)ccc1OCc1ccc(C#N)cn1. The number of Topliss-reactive ketones (excluding diaryl/α,β-unsaturated/α-hetero) is 1. The molecule has 2 aromatic rings. The zero-order valence-electron chi connectivity index (χ0n) is 11.9. The van der Waals surface area contributed by atoms with Gasteiger partial charge in [-0.05, 0) is 30.3 Å². The maximum absolute atomic E-state index is 11.7. The van der Waals surface area contributed by atoms with E-state index < -0.39 is 0 Å². The van der Waals surface area contributed by atoms with Crippen LogP contribution in [0.15, 0.2) is 36.5 Å². The molecule has 0 amide bonds. The number of nitrogens with zero attached hydrogens (tertiary/aromatic N) is 2. The van der Waals surface area contributed by atoms with Gasteiger partial charge >= 0.3 is 0 Å². The molecule has 0 radical (unpaired) electrons. The Labute approximate surface area is 136 Å². The molecule has 0 saturated carbocycles. The van der Waals surface area contributed by atoms with Crippen molar-refractivity contribution in [1.29, 1.82) is 5.26 Å². The summed E-state index contributed by atoms with van der Waals surface area (Å²) >= 11 is 3.14. The molecule has 0 aliphatic carbocycles. The first-order chi connectivity index (χ1) is 10.7. The second-order valence-corrected chi connectivity index (χ2v) is 4.92. The van der Waals surface area contributed by atoms with Crippen molar-refractivity contribution in [2.75, 3.05) is 12.4 Å². The summed E-state index contributed by atoms with van der Waals surface area (Å²) in [6.45, 7) is 0.244. The second kappa shape index (κ2) is 7.57. The third-order valence-electron chi connectivity index (χ3n) is 2.94. The zero-order chi connectivity index (χ0) is 15.9. The molecule has 0 saturated heterocycles. The Bertz CT molecular complexity index is 708. The van der Waals surface area contributed by atoms with Gasteiger partial charge in [0.15, 0.2) is 17.3 Å². The third-order valence-corrected chi connectivity index (χ3v) is 3.45. The van der Waals surface area contributed by atoms with Crippen molar-refractivity contribution < 1.29 is 14.3 Å². The third kappa shape index (κ3) is 3.83. The van der Waals surface area contributed by atoms with Crippen LogP contribution in [-0.2, 0) is 6.61 Å². The van der Waals surface area contributed by atoms with Crippen LogP contribution in [0.3, 0.4) is 0 Å². The van der Waals surface area contributed by atoms with Crippen molar-refractivity contribution in [3.05, 3.63) is 53.3 Å². The van der Waals surface area contributed by atoms with E-state index in [-0.39, 0.29) is 17.7 Å². The minimum absolute atomic E-state index is 0.0291. The van der Waals surface area contributed by atoms with Gasteiger partial charge in [0, 0.05) is 11.8 Å². The van der Waals surface area contributed by atoms with Crippen molar-refractivity contribution in [2.45, 2.75) is 6.61 Å². The highest BCUT2D eigenvalue weighted by Gasteiger charge is 2.10. The van der Waals surface area contributed by atoms with Crippen molar-refractivity contribution in [1.82, 2.24) is 4.98 Å². The molecule has 1 heterocycles. The molecule has 2 rings (SSSR count). The molecule has 0 atom stereocenters. The lowest BCUT2D eigenvalue weighted by Crippen LogP contribution is -2.03. The van der Waals surface area contributed by atoms with Gasteiger partial charge in [0.1, 0.15) is 12.7 Å². The Hall–Kier alpha value is -2.39. The smallest absolute Gasteiger partial charge is 0.173 e. The number of alkyl halides is 1. The highest BCUT2D eigenvalue weighted by atomic mass is 79.9. The number of carbonyl (C=O) groups excluding carboxylic acids is 1. The van der Waals surface area contributed by atoms with Gasteiger partial charge in [-0.3, -0.25) is 9.78 Å². The average Bonchev–Trinajstić information content (AvgIpc) is 2.59. The van der Waals surface area contributed by atoms with Crippen molar-refractivity contribution in [3.63, 3.8) is 0 Å². The number of hydrogen-bond donors (Lipinski definition) is 0. The number of ether oxygens (including phenoxy) is 2. The zero-order valence-corrected chi connectivity index (χ0v) is 13.5. The molecule has 0 unspecified atom stereocenters. The number of ketones is 1. The predicted molar refractivity (Wildman–Crippen MR) is 84.4 cm³/mol. The summed E-state index contributed by atoms with van der Waals surface area (Å²) in [4.78, 5) is 15.8. The first-order valence-electron chi connectivity index (χ1n) is 6.43. The number of rotatable bonds is 6. The first-order valence-corrected chi connectivity index (χ1v) is 7.55. The number of carbonyl (C=O) groups is 1. The second-order valence-electron chi connectivity index (χ2n) is 4.36. The molecule has 0 fully saturated rings. The van der Waals surface area contributed by atoms with Gasteiger partial charge in [0.25, 0.3) is 0 Å². The van der Waals surface area contributed by atoms with E-state index in [1.54, 1.807) is 30.3 Å². The molecule has 22 heavy (non-hydrogen) atoms. The van der Waals surface area contributed by atoms with Crippen LogP contribution in [0.4, 0.5) is 0 Å². The fourth-order valence-electron chi connectivity index (χ4n) is 1.77. The molecule has 0 spiro atoms. The molecule has 5 nitrogen and oxygen atoms in total. The van der Waals surface area contributed by atoms with Crippen LogP contribution >= 0.6 is 15.9 Å². The molecule has 0 aliphatic heterocycles. The van der Waals surface area contributed by atoms with Gasteiger partial charge in [0.05, 0.1) is 23.7 Å². The molecule has 0 bridgehead atoms. The monoisotopic (exact) mass is 360 g/mol. The van der Waals surface area contributed by atoms with E-state index in [0.717, 1.165) is 0 Å². The van der Waals surface area contributed by atoms with E-state index in [2.05, 4.69) is 20.9 Å². The molecule has 0 N–H and O–H groups in total. The number of pyridine rings is 1. The van der Waals surface area contributed by atoms with Crippen LogP contribution in [0.1, 0.15) is 21.6 Å². The van der Waals surface area contributed by atoms with Crippen molar-refractivity contribution in [3.8, 4) is 17.6 Å². The van der Waals surface area contributed by atoms with Crippen LogP contribution < -0.4 is 9.47 Å². The average molecular weight is 361 g/mol. The lowest BCUT2D eigenvalue weighted by molar-refractivity contribution is 0.102. The van der Waals surface area contributed by atoms with E-state index in [1.165, 1.54) is 13.3 Å². The van der Waals surface area contributed by atoms with Crippen LogP contribution in [0.5, 0.6) is 11.5 Å². The molecule has 1 aromatic carbocycles. The molecular formula is C16H13BrN2O3. The number of halogens is 1. The number of nitriles is 1. The number of aromatic nitrogens is 1. The maximum Gasteiger partial charge on any atom is 0.173 e. The van der Waals surface area contributed by atoms with Gasteiger partial charge in [0.2, 0.25) is 0 Å². The van der Waals surface area contributed by atoms with Crippen LogP contribution in [0.25, 0.3) is 0 Å². The Morgan fingerprint density at radius 2 is 2.14 bits per heavy atom. The Morgan fingerprint density at radius 1 is 1.32 bits per heavy atom. The summed E-state index contributed by atoms with van der Waals surface area (Å²) < 4.78 is 10.9. The van der Waals surface area contributed by atoms with Gasteiger partial charge in [-0.15, -0.1) is 0 Å². The maximum atomic E-state index is 11.7. The molecule has 0 aliphatic rings. The van der Waals surface area contributed by atoms with Crippen LogP contribution in [-0.4, -0.2) is 23.2 Å². The summed E-state index contributed by atoms with van der Waals surface area (Å²) in [5, 5.41) is 8.98. The molecule has 6 heteroatoms. The Balaban J connectivity index is 2.11. The van der Waals surface area contributed by atoms with Crippen molar-refractivity contribution in [2.24, 2.45) is 0 Å². The lowest BCUT2D eigenvalue weighted by Gasteiger charge is -2.11. The summed E-state index contributed by atoms with van der Waals surface area (Å²) in [7, 11) is 1.52. The number of benzene rings is 1. The summed E-state index contributed by atoms with van der Waals surface area (Å²) in [6.07, 6.45) is 1.49. The lowest BCUT2D eigenvalue weighted by atomic mass is 10.1. The van der Waals surface area contributed by atoms with E-state index >= 15 is 0 Å². The minimum atomic E-state index is -0.0291. The molecular weight excluding hydrogens is 348 g/mol. The van der Waals surface area contributed by atoms with Gasteiger partial charge in [-0.2, -0.15) is 5.26 Å². The summed E-state index contributed by atoms with van der Waals surface area (Å²) in [5.41, 5.74) is 1.75. The van der Waals surface area contributed by atoms with Gasteiger partial charge in [-0.25, -0.2) is 0 Å². The Morgan fingerprint density at radius 3 is 2.73 bits per heavy atom. The van der Waals surface area contributed by atoms with Gasteiger partial charge in [-0.1, -0.05) is 15.9 Å². The first kappa shape index (κ1) is 16.0. The fourth-order valence-corrected chi connectivity index (χ4v) is 2.09. The largest absolute Gasteiger partial charge is 0.493 e. The van der Waals surface area contributed by atoms with E-state index in [9.17, 15) is 4.79 Å². The van der Waals surface area contributed by atoms with Crippen LogP contribution in [0.2, 0.25) is 0 Å². The summed E-state index contributed by atoms with van der Waals surface area (Å²) in [5.74, 6) is 0.985. The highest BCUT2D eigenvalue weighted by Crippen LogP contribution is 2.29. The highest BCUT2D eigenvalue weighted by molar-refractivity contribution is 9.09. The minimum Gasteiger partial charge on any atom is -0.493 e. The Kier molecular flexibility index (Phi) is 5.50. The van der Waals surface area contributed by atoms with Crippen LogP contribution in [0, 0.1) is 11.3 Å². The summed E-state index contributed by atoms with van der Waals surface area (Å²) in [6, 6.07) is 10.4. The van der Waals surface area contributed by atoms with E-state index in [1.807, 2.05) is 6.07 Å². The van der Waals surface area contributed by atoms with Gasteiger partial charge < -0.3 is 9.47 Å².